The zero-order chi connectivity index (χ0) is 19.8. The number of rotatable bonds is 4. The molecule has 0 aliphatic carbocycles. The Hall–Kier alpha value is -1.37. The van der Waals surface area contributed by atoms with Crippen molar-refractivity contribution in [1.29, 1.82) is 0 Å². The molecule has 0 atom stereocenters. The topological polar surface area (TPSA) is 9.23 Å². The molecule has 0 aromatic rings. The Bertz CT molecular complexity index is 431. The van der Waals surface area contributed by atoms with Crippen molar-refractivity contribution in [3.05, 3.63) is 11.3 Å². The molecular formula is C10H7F13O. The molecular weight excluding hydrogens is 383 g/mol. The van der Waals surface area contributed by atoms with Gasteiger partial charge in [-0.15, -0.1) is 0 Å². The fraction of sp³-hybridized carbons (Fsp3) is 0.800. The van der Waals surface area contributed by atoms with Gasteiger partial charge in [0.25, 0.3) is 0 Å². The van der Waals surface area contributed by atoms with Crippen LogP contribution in [0, 0.1) is 0 Å². The van der Waals surface area contributed by atoms with Gasteiger partial charge in [-0.25, -0.2) is 4.39 Å². The molecule has 144 valence electrons. The zero-order valence-electron chi connectivity index (χ0n) is 11.2. The highest BCUT2D eigenvalue weighted by Gasteiger charge is 2.78. The highest BCUT2D eigenvalue weighted by atomic mass is 19.4. The van der Waals surface area contributed by atoms with Crippen molar-refractivity contribution in [3.63, 3.8) is 0 Å². The minimum absolute atomic E-state index is 0.599. The standard InChI is InChI=1S/C10H7F13O/c1-2-3-24-5(4(7(12,13)14)8(15,16)17)6(11,9(18,19)20)10(21,22)23/h2-3H2,1H3. The summed E-state index contributed by atoms with van der Waals surface area (Å²) >= 11 is 0. The van der Waals surface area contributed by atoms with E-state index in [2.05, 4.69) is 4.74 Å². The Morgan fingerprint density at radius 1 is 0.667 bits per heavy atom. The normalized spacial score (nSPS) is 14.6. The van der Waals surface area contributed by atoms with Crippen molar-refractivity contribution < 1.29 is 61.8 Å². The van der Waals surface area contributed by atoms with E-state index in [1.807, 2.05) is 0 Å². The molecule has 0 aliphatic rings. The zero-order valence-corrected chi connectivity index (χ0v) is 11.2. The van der Waals surface area contributed by atoms with Gasteiger partial charge in [0, 0.05) is 0 Å². The van der Waals surface area contributed by atoms with E-state index < -0.39 is 54.7 Å². The summed E-state index contributed by atoms with van der Waals surface area (Å²) in [6.45, 7) is -0.512. The Morgan fingerprint density at radius 3 is 1.21 bits per heavy atom. The molecule has 0 bridgehead atoms. The molecule has 0 unspecified atom stereocenters. The molecule has 0 heterocycles. The molecule has 0 amide bonds. The van der Waals surface area contributed by atoms with Crippen LogP contribution in [0.5, 0.6) is 0 Å². The lowest BCUT2D eigenvalue weighted by Gasteiger charge is -2.33. The Morgan fingerprint density at radius 2 is 1.00 bits per heavy atom. The fourth-order valence-electron chi connectivity index (χ4n) is 1.38. The predicted molar refractivity (Wildman–Crippen MR) is 51.3 cm³/mol. The van der Waals surface area contributed by atoms with Crippen LogP contribution >= 0.6 is 0 Å². The van der Waals surface area contributed by atoms with Crippen LogP contribution in [0.25, 0.3) is 0 Å². The maximum Gasteiger partial charge on any atom is 0.439 e. The summed E-state index contributed by atoms with van der Waals surface area (Å²) in [6, 6.07) is 0. The van der Waals surface area contributed by atoms with Gasteiger partial charge < -0.3 is 4.74 Å². The van der Waals surface area contributed by atoms with Gasteiger partial charge in [0.2, 0.25) is 0 Å². The minimum atomic E-state index is -7.20. The lowest BCUT2D eigenvalue weighted by Crippen LogP contribution is -2.56. The van der Waals surface area contributed by atoms with E-state index >= 15 is 0 Å². The molecule has 0 rings (SSSR count). The number of allylic oxidation sites excluding steroid dienone is 2. The molecule has 0 aromatic heterocycles. The van der Waals surface area contributed by atoms with Gasteiger partial charge in [-0.3, -0.25) is 0 Å². The van der Waals surface area contributed by atoms with Crippen LogP contribution in [0.4, 0.5) is 57.1 Å². The van der Waals surface area contributed by atoms with Crippen LogP contribution in [-0.2, 0) is 4.74 Å². The van der Waals surface area contributed by atoms with E-state index in [1.165, 1.54) is 0 Å². The number of halogens is 13. The van der Waals surface area contributed by atoms with Crippen molar-refractivity contribution in [1.82, 2.24) is 0 Å². The van der Waals surface area contributed by atoms with Crippen LogP contribution in [-0.4, -0.2) is 37.0 Å². The van der Waals surface area contributed by atoms with Crippen molar-refractivity contribution in [3.8, 4) is 0 Å². The summed E-state index contributed by atoms with van der Waals surface area (Å²) in [5, 5.41) is 0. The van der Waals surface area contributed by atoms with E-state index in [0.29, 0.717) is 0 Å². The smallest absolute Gasteiger partial charge is 0.439 e. The second-order valence-corrected chi connectivity index (χ2v) is 4.20. The van der Waals surface area contributed by atoms with Gasteiger partial charge in [-0.2, -0.15) is 52.7 Å². The number of alkyl halides is 13. The van der Waals surface area contributed by atoms with Gasteiger partial charge in [-0.05, 0) is 6.42 Å². The summed E-state index contributed by atoms with van der Waals surface area (Å²) in [6.07, 6.45) is -28.6. The van der Waals surface area contributed by atoms with Crippen LogP contribution < -0.4 is 0 Å². The van der Waals surface area contributed by atoms with Gasteiger partial charge >= 0.3 is 30.4 Å². The molecule has 0 radical (unpaired) electrons. The lowest BCUT2D eigenvalue weighted by molar-refractivity contribution is -0.338. The summed E-state index contributed by atoms with van der Waals surface area (Å²) < 4.78 is 166. The van der Waals surface area contributed by atoms with Crippen LogP contribution in [0.1, 0.15) is 13.3 Å². The first-order valence-electron chi connectivity index (χ1n) is 5.66. The van der Waals surface area contributed by atoms with Crippen LogP contribution in [0.3, 0.4) is 0 Å². The molecule has 0 saturated heterocycles. The average molecular weight is 390 g/mol. The van der Waals surface area contributed by atoms with E-state index in [0.717, 1.165) is 6.92 Å². The first-order chi connectivity index (χ1) is 10.3. The molecule has 0 N–H and O–H groups in total. The van der Waals surface area contributed by atoms with Crippen LogP contribution in [0.15, 0.2) is 11.3 Å². The fourth-order valence-corrected chi connectivity index (χ4v) is 1.38. The highest BCUT2D eigenvalue weighted by Crippen LogP contribution is 2.55. The van der Waals surface area contributed by atoms with Gasteiger partial charge in [-0.1, -0.05) is 6.92 Å². The number of ether oxygens (including phenoxy) is 1. The summed E-state index contributed by atoms with van der Waals surface area (Å²) in [4.78, 5) is 0. The first-order valence-corrected chi connectivity index (χ1v) is 5.66. The maximum absolute atomic E-state index is 13.7. The SMILES string of the molecule is CCCOC(=C(C(F)(F)F)C(F)(F)F)C(F)(C(F)(F)F)C(F)(F)F. The van der Waals surface area contributed by atoms with E-state index in [9.17, 15) is 57.1 Å². The quantitative estimate of drug-likeness (QED) is 0.447. The molecule has 0 fully saturated rings. The third kappa shape index (κ3) is 4.37. The monoisotopic (exact) mass is 390 g/mol. The molecule has 0 aliphatic heterocycles. The molecule has 0 aromatic carbocycles. The van der Waals surface area contributed by atoms with Crippen LogP contribution in [0.2, 0.25) is 0 Å². The third-order valence-electron chi connectivity index (χ3n) is 2.34. The number of hydrogen-bond donors (Lipinski definition) is 0. The van der Waals surface area contributed by atoms with Gasteiger partial charge in [0.15, 0.2) is 11.3 Å². The van der Waals surface area contributed by atoms with Crippen molar-refractivity contribution in [2.24, 2.45) is 0 Å². The molecule has 1 nitrogen and oxygen atoms in total. The maximum atomic E-state index is 13.7. The van der Waals surface area contributed by atoms with E-state index in [1.54, 1.807) is 0 Å². The van der Waals surface area contributed by atoms with E-state index in [-0.39, 0.29) is 0 Å². The van der Waals surface area contributed by atoms with Gasteiger partial charge in [0.1, 0.15) is 0 Å². The molecule has 24 heavy (non-hydrogen) atoms. The second-order valence-electron chi connectivity index (χ2n) is 4.20. The summed E-state index contributed by atoms with van der Waals surface area (Å²) in [5.74, 6) is -3.94. The van der Waals surface area contributed by atoms with Crippen molar-refractivity contribution in [2.45, 2.75) is 43.7 Å². The third-order valence-corrected chi connectivity index (χ3v) is 2.34. The Balaban J connectivity index is 7.02. The summed E-state index contributed by atoms with van der Waals surface area (Å²) in [7, 11) is 0. The number of hydrogen-bond acceptors (Lipinski definition) is 1. The first kappa shape index (κ1) is 22.6. The second kappa shape index (κ2) is 6.50. The lowest BCUT2D eigenvalue weighted by atomic mass is 9.96. The highest BCUT2D eigenvalue weighted by molar-refractivity contribution is 5.30. The van der Waals surface area contributed by atoms with Gasteiger partial charge in [0.05, 0.1) is 6.61 Å². The molecule has 14 heteroatoms. The van der Waals surface area contributed by atoms with E-state index in [4.69, 9.17) is 0 Å². The summed E-state index contributed by atoms with van der Waals surface area (Å²) in [5.41, 5.74) is -11.4. The largest absolute Gasteiger partial charge is 0.493 e. The molecule has 0 spiro atoms. The minimum Gasteiger partial charge on any atom is -0.493 e. The Labute approximate surface area is 125 Å². The predicted octanol–water partition coefficient (Wildman–Crippen LogP) is 5.62. The van der Waals surface area contributed by atoms with Crippen molar-refractivity contribution in [2.75, 3.05) is 6.61 Å². The van der Waals surface area contributed by atoms with Crippen molar-refractivity contribution >= 4 is 0 Å². The Kier molecular flexibility index (Phi) is 6.13. The average Bonchev–Trinajstić information content (AvgIpc) is 2.26. The molecule has 0 saturated carbocycles.